The fourth-order valence-electron chi connectivity index (χ4n) is 2.47. The molecule has 0 aromatic heterocycles. The molecule has 6 heteroatoms. The number of hydrazone groups is 1. The lowest BCUT2D eigenvalue weighted by Crippen LogP contribution is -2.34. The number of hydrogen-bond donors (Lipinski definition) is 1. The average molecular weight is 289 g/mol. The molecule has 21 heavy (non-hydrogen) atoms. The number of likely N-dealkylation sites (tertiary alicyclic amines) is 1. The maximum absolute atomic E-state index is 12.1. The minimum atomic E-state index is -0.223. The quantitative estimate of drug-likeness (QED) is 0.859. The molecule has 0 radical (unpaired) electrons. The number of carbonyl (C=O) groups excluding carboxylic acids is 1. The Bertz CT molecular complexity index is 561. The van der Waals surface area contributed by atoms with Gasteiger partial charge in [-0.2, -0.15) is 5.10 Å². The predicted molar refractivity (Wildman–Crippen MR) is 78.8 cm³/mol. The summed E-state index contributed by atoms with van der Waals surface area (Å²) in [5, 5.41) is 4.24. The molecule has 2 aliphatic heterocycles. The molecular formula is C15H19N3O3. The summed E-state index contributed by atoms with van der Waals surface area (Å²) in [6, 6.07) is 5.13. The van der Waals surface area contributed by atoms with Crippen LogP contribution in [0, 0.1) is 0 Å². The maximum Gasteiger partial charge on any atom is 0.271 e. The van der Waals surface area contributed by atoms with Crippen LogP contribution in [0.1, 0.15) is 30.1 Å². The summed E-state index contributed by atoms with van der Waals surface area (Å²) in [5.41, 5.74) is 4.20. The van der Waals surface area contributed by atoms with E-state index in [1.807, 2.05) is 0 Å². The van der Waals surface area contributed by atoms with Gasteiger partial charge in [0, 0.05) is 37.2 Å². The van der Waals surface area contributed by atoms with Gasteiger partial charge >= 0.3 is 0 Å². The van der Waals surface area contributed by atoms with E-state index in [0.29, 0.717) is 17.1 Å². The first-order chi connectivity index (χ1) is 10.3. The number of nitrogens with zero attached hydrogens (tertiary/aromatic N) is 2. The standard InChI is InChI=1S/C15H19N3O3/c1-2-18-7-5-12(6-8-18)16-17-15(19)11-3-4-13-14(9-11)21-10-20-13/h3-4,9H,2,5-8,10H2,1H3,(H,17,19). The third-order valence-electron chi connectivity index (χ3n) is 3.83. The number of benzene rings is 1. The van der Waals surface area contributed by atoms with Gasteiger partial charge in [0.05, 0.1) is 0 Å². The Hall–Kier alpha value is -2.08. The van der Waals surface area contributed by atoms with Crippen molar-refractivity contribution in [2.24, 2.45) is 5.10 Å². The summed E-state index contributed by atoms with van der Waals surface area (Å²) in [4.78, 5) is 14.5. The van der Waals surface area contributed by atoms with Crippen molar-refractivity contribution in [2.75, 3.05) is 26.4 Å². The van der Waals surface area contributed by atoms with Gasteiger partial charge in [-0.05, 0) is 24.7 Å². The van der Waals surface area contributed by atoms with Crippen LogP contribution in [-0.4, -0.2) is 42.9 Å². The lowest BCUT2D eigenvalue weighted by molar-refractivity contribution is 0.0954. The van der Waals surface area contributed by atoms with E-state index in [1.165, 1.54) is 0 Å². The molecule has 1 N–H and O–H groups in total. The van der Waals surface area contributed by atoms with Crippen molar-refractivity contribution in [1.29, 1.82) is 0 Å². The second kappa shape index (κ2) is 6.13. The summed E-state index contributed by atoms with van der Waals surface area (Å²) in [6.45, 7) is 5.45. The van der Waals surface area contributed by atoms with Crippen LogP contribution in [0.5, 0.6) is 11.5 Å². The van der Waals surface area contributed by atoms with Crippen LogP contribution in [0.25, 0.3) is 0 Å². The Labute approximate surface area is 123 Å². The van der Waals surface area contributed by atoms with Crippen molar-refractivity contribution in [3.05, 3.63) is 23.8 Å². The molecule has 0 saturated carbocycles. The molecule has 0 atom stereocenters. The molecular weight excluding hydrogens is 270 g/mol. The fraction of sp³-hybridized carbons (Fsp3) is 0.467. The highest BCUT2D eigenvalue weighted by molar-refractivity contribution is 5.96. The van der Waals surface area contributed by atoms with Crippen molar-refractivity contribution >= 4 is 11.6 Å². The highest BCUT2D eigenvalue weighted by Crippen LogP contribution is 2.32. The summed E-state index contributed by atoms with van der Waals surface area (Å²) in [5.74, 6) is 1.05. The van der Waals surface area contributed by atoms with E-state index in [9.17, 15) is 4.79 Å². The Balaban J connectivity index is 1.59. The largest absolute Gasteiger partial charge is 0.454 e. The molecule has 1 amide bonds. The van der Waals surface area contributed by atoms with E-state index in [2.05, 4.69) is 22.4 Å². The van der Waals surface area contributed by atoms with Gasteiger partial charge < -0.3 is 14.4 Å². The second-order valence-electron chi connectivity index (χ2n) is 5.12. The zero-order valence-corrected chi connectivity index (χ0v) is 12.1. The van der Waals surface area contributed by atoms with E-state index in [1.54, 1.807) is 18.2 Å². The summed E-state index contributed by atoms with van der Waals surface area (Å²) >= 11 is 0. The Kier molecular flexibility index (Phi) is 4.06. The van der Waals surface area contributed by atoms with Gasteiger partial charge in [-0.1, -0.05) is 6.92 Å². The first-order valence-electron chi connectivity index (χ1n) is 7.24. The number of fused-ring (bicyclic) bond motifs is 1. The molecule has 2 heterocycles. The van der Waals surface area contributed by atoms with Gasteiger partial charge in [0.1, 0.15) is 0 Å². The molecule has 1 fully saturated rings. The van der Waals surface area contributed by atoms with Crippen LogP contribution in [0.4, 0.5) is 0 Å². The summed E-state index contributed by atoms with van der Waals surface area (Å²) in [6.07, 6.45) is 1.82. The zero-order valence-electron chi connectivity index (χ0n) is 12.1. The minimum absolute atomic E-state index is 0.205. The van der Waals surface area contributed by atoms with E-state index in [4.69, 9.17) is 9.47 Å². The molecule has 1 aromatic carbocycles. The van der Waals surface area contributed by atoms with Crippen molar-refractivity contribution in [1.82, 2.24) is 10.3 Å². The third kappa shape index (κ3) is 3.16. The number of carbonyl (C=O) groups is 1. The molecule has 0 bridgehead atoms. The lowest BCUT2D eigenvalue weighted by Gasteiger charge is -2.25. The van der Waals surface area contributed by atoms with Crippen molar-refractivity contribution in [3.8, 4) is 11.5 Å². The Morgan fingerprint density at radius 1 is 1.29 bits per heavy atom. The molecule has 0 unspecified atom stereocenters. The number of amides is 1. The first kappa shape index (κ1) is 13.9. The van der Waals surface area contributed by atoms with Gasteiger partial charge in [-0.25, -0.2) is 5.43 Å². The van der Waals surface area contributed by atoms with Crippen LogP contribution in [0.3, 0.4) is 0 Å². The Morgan fingerprint density at radius 3 is 2.81 bits per heavy atom. The smallest absolute Gasteiger partial charge is 0.271 e. The minimum Gasteiger partial charge on any atom is -0.454 e. The SMILES string of the molecule is CCN1CCC(=NNC(=O)c2ccc3c(c2)OCO3)CC1. The molecule has 6 nitrogen and oxygen atoms in total. The monoisotopic (exact) mass is 289 g/mol. The average Bonchev–Trinajstić information content (AvgIpc) is 3.00. The third-order valence-corrected chi connectivity index (χ3v) is 3.83. The topological polar surface area (TPSA) is 63.2 Å². The van der Waals surface area contributed by atoms with Gasteiger partial charge in [0.2, 0.25) is 6.79 Å². The number of piperidine rings is 1. The van der Waals surface area contributed by atoms with Crippen molar-refractivity contribution in [3.63, 3.8) is 0 Å². The van der Waals surface area contributed by atoms with Gasteiger partial charge in [-0.15, -0.1) is 0 Å². The molecule has 112 valence electrons. The lowest BCUT2D eigenvalue weighted by atomic mass is 10.1. The normalized spacial score (nSPS) is 17.7. The zero-order chi connectivity index (χ0) is 14.7. The van der Waals surface area contributed by atoms with Crippen LogP contribution in [-0.2, 0) is 0 Å². The molecule has 0 aliphatic carbocycles. The number of hydrogen-bond acceptors (Lipinski definition) is 5. The first-order valence-corrected chi connectivity index (χ1v) is 7.24. The van der Waals surface area contributed by atoms with Gasteiger partial charge in [0.25, 0.3) is 5.91 Å². The number of rotatable bonds is 3. The van der Waals surface area contributed by atoms with Crippen molar-refractivity contribution in [2.45, 2.75) is 19.8 Å². The van der Waals surface area contributed by atoms with Gasteiger partial charge in [0.15, 0.2) is 11.5 Å². The summed E-state index contributed by atoms with van der Waals surface area (Å²) < 4.78 is 10.5. The van der Waals surface area contributed by atoms with Crippen LogP contribution >= 0.6 is 0 Å². The predicted octanol–water partition coefficient (Wildman–Crippen LogP) is 1.62. The fourth-order valence-corrected chi connectivity index (χ4v) is 2.47. The molecule has 3 rings (SSSR count). The number of nitrogens with one attached hydrogen (secondary N) is 1. The highest BCUT2D eigenvalue weighted by Gasteiger charge is 2.17. The molecule has 1 aromatic rings. The van der Waals surface area contributed by atoms with E-state index >= 15 is 0 Å². The highest BCUT2D eigenvalue weighted by atomic mass is 16.7. The second-order valence-corrected chi connectivity index (χ2v) is 5.12. The molecule has 2 aliphatic rings. The van der Waals surface area contributed by atoms with E-state index < -0.39 is 0 Å². The maximum atomic E-state index is 12.1. The number of ether oxygens (including phenoxy) is 2. The van der Waals surface area contributed by atoms with Crippen molar-refractivity contribution < 1.29 is 14.3 Å². The molecule has 1 saturated heterocycles. The van der Waals surface area contributed by atoms with E-state index in [0.717, 1.165) is 38.2 Å². The van der Waals surface area contributed by atoms with Crippen LogP contribution in [0.2, 0.25) is 0 Å². The van der Waals surface area contributed by atoms with E-state index in [-0.39, 0.29) is 12.7 Å². The Morgan fingerprint density at radius 2 is 2.05 bits per heavy atom. The van der Waals surface area contributed by atoms with Gasteiger partial charge in [-0.3, -0.25) is 4.79 Å². The van der Waals surface area contributed by atoms with Crippen LogP contribution in [0.15, 0.2) is 23.3 Å². The molecule has 0 spiro atoms. The van der Waals surface area contributed by atoms with Crippen LogP contribution < -0.4 is 14.9 Å². The summed E-state index contributed by atoms with van der Waals surface area (Å²) in [7, 11) is 0.